The number of aryl methyl sites for hydroxylation is 1. The molecule has 0 aromatic heterocycles. The summed E-state index contributed by atoms with van der Waals surface area (Å²) >= 11 is 1.73. The number of anilines is 1. The second-order valence-electron chi connectivity index (χ2n) is 5.89. The molecule has 0 spiro atoms. The average Bonchev–Trinajstić information content (AvgIpc) is 2.63. The van der Waals surface area contributed by atoms with Crippen LogP contribution < -0.4 is 4.90 Å². The standard InChI is InChI=1S/C21H17NOS/c1-15-11-13-16(14-12-15)21-22(17-7-3-2-4-8-17)20(23)18-9-5-6-10-19(18)24-21/h2-14,21H,1H3. The van der Waals surface area contributed by atoms with Gasteiger partial charge in [0.2, 0.25) is 0 Å². The first kappa shape index (κ1) is 15.0. The van der Waals surface area contributed by atoms with Crippen molar-refractivity contribution in [2.75, 3.05) is 4.90 Å². The molecular formula is C21H17NOS. The van der Waals surface area contributed by atoms with Gasteiger partial charge in [0.1, 0.15) is 5.37 Å². The molecule has 0 saturated carbocycles. The van der Waals surface area contributed by atoms with Crippen molar-refractivity contribution in [1.29, 1.82) is 0 Å². The summed E-state index contributed by atoms with van der Waals surface area (Å²) in [6, 6.07) is 26.2. The first-order chi connectivity index (χ1) is 11.7. The zero-order chi connectivity index (χ0) is 16.5. The summed E-state index contributed by atoms with van der Waals surface area (Å²) in [6.45, 7) is 2.08. The molecule has 0 bridgehead atoms. The summed E-state index contributed by atoms with van der Waals surface area (Å²) in [5.74, 6) is 0.0566. The van der Waals surface area contributed by atoms with Crippen molar-refractivity contribution in [1.82, 2.24) is 0 Å². The molecule has 1 aliphatic rings. The predicted molar refractivity (Wildman–Crippen MR) is 99.5 cm³/mol. The summed E-state index contributed by atoms with van der Waals surface area (Å²) in [5.41, 5.74) is 4.06. The number of fused-ring (bicyclic) bond motifs is 1. The van der Waals surface area contributed by atoms with Crippen LogP contribution in [0.1, 0.15) is 26.9 Å². The summed E-state index contributed by atoms with van der Waals surface area (Å²) in [7, 11) is 0. The van der Waals surface area contributed by atoms with E-state index in [0.717, 1.165) is 21.7 Å². The molecule has 24 heavy (non-hydrogen) atoms. The maximum atomic E-state index is 13.2. The van der Waals surface area contributed by atoms with Crippen molar-refractivity contribution in [2.24, 2.45) is 0 Å². The molecule has 0 radical (unpaired) electrons. The van der Waals surface area contributed by atoms with E-state index in [2.05, 4.69) is 31.2 Å². The maximum Gasteiger partial charge on any atom is 0.260 e. The smallest absolute Gasteiger partial charge is 0.260 e. The van der Waals surface area contributed by atoms with E-state index < -0.39 is 0 Å². The van der Waals surface area contributed by atoms with Crippen LogP contribution in [0.15, 0.2) is 83.8 Å². The molecule has 118 valence electrons. The fraction of sp³-hybridized carbons (Fsp3) is 0.0952. The molecule has 0 saturated heterocycles. The minimum atomic E-state index is -0.0598. The van der Waals surface area contributed by atoms with E-state index in [4.69, 9.17) is 0 Å². The van der Waals surface area contributed by atoms with Crippen LogP contribution in [0.4, 0.5) is 5.69 Å². The van der Waals surface area contributed by atoms with Gasteiger partial charge in [-0.1, -0.05) is 71.9 Å². The van der Waals surface area contributed by atoms with Gasteiger partial charge in [0.15, 0.2) is 0 Å². The van der Waals surface area contributed by atoms with E-state index in [1.165, 1.54) is 5.56 Å². The van der Waals surface area contributed by atoms with Gasteiger partial charge in [-0.25, -0.2) is 0 Å². The Labute approximate surface area is 146 Å². The van der Waals surface area contributed by atoms with Crippen LogP contribution in [0, 0.1) is 6.92 Å². The molecule has 4 rings (SSSR count). The molecule has 0 fully saturated rings. The van der Waals surface area contributed by atoms with Crippen LogP contribution >= 0.6 is 11.8 Å². The Balaban J connectivity index is 1.86. The van der Waals surface area contributed by atoms with Crippen molar-refractivity contribution in [3.63, 3.8) is 0 Å². The number of rotatable bonds is 2. The van der Waals surface area contributed by atoms with Crippen LogP contribution in [0.25, 0.3) is 0 Å². The van der Waals surface area contributed by atoms with Crippen LogP contribution in [0.2, 0.25) is 0 Å². The predicted octanol–water partition coefficient (Wildman–Crippen LogP) is 5.45. The monoisotopic (exact) mass is 331 g/mol. The molecule has 2 nitrogen and oxygen atoms in total. The molecule has 3 heteroatoms. The lowest BCUT2D eigenvalue weighted by Crippen LogP contribution is -2.36. The number of nitrogens with zero attached hydrogens (tertiary/aromatic N) is 1. The van der Waals surface area contributed by atoms with Crippen LogP contribution in [0.5, 0.6) is 0 Å². The fourth-order valence-electron chi connectivity index (χ4n) is 2.94. The SMILES string of the molecule is Cc1ccc(C2Sc3ccccc3C(=O)N2c2ccccc2)cc1. The quantitative estimate of drug-likeness (QED) is 0.622. The number of carbonyl (C=O) groups is 1. The van der Waals surface area contributed by atoms with Gasteiger partial charge in [0.05, 0.1) is 5.56 Å². The van der Waals surface area contributed by atoms with E-state index in [0.29, 0.717) is 0 Å². The lowest BCUT2D eigenvalue weighted by atomic mass is 10.1. The van der Waals surface area contributed by atoms with Crippen molar-refractivity contribution in [3.05, 3.63) is 95.6 Å². The second-order valence-corrected chi connectivity index (χ2v) is 7.01. The molecule has 3 aromatic rings. The zero-order valence-corrected chi connectivity index (χ0v) is 14.2. The van der Waals surface area contributed by atoms with Gasteiger partial charge in [0, 0.05) is 10.6 Å². The molecule has 1 heterocycles. The van der Waals surface area contributed by atoms with E-state index in [1.807, 2.05) is 59.5 Å². The highest BCUT2D eigenvalue weighted by Crippen LogP contribution is 2.46. The first-order valence-electron chi connectivity index (χ1n) is 7.95. The number of hydrogen-bond acceptors (Lipinski definition) is 2. The van der Waals surface area contributed by atoms with Gasteiger partial charge in [0.25, 0.3) is 5.91 Å². The van der Waals surface area contributed by atoms with Gasteiger partial charge >= 0.3 is 0 Å². The maximum absolute atomic E-state index is 13.2. The third-order valence-electron chi connectivity index (χ3n) is 4.21. The molecule has 1 unspecified atom stereocenters. The highest BCUT2D eigenvalue weighted by molar-refractivity contribution is 7.99. The van der Waals surface area contributed by atoms with Crippen molar-refractivity contribution in [2.45, 2.75) is 17.2 Å². The van der Waals surface area contributed by atoms with Gasteiger partial charge in [-0.3, -0.25) is 9.69 Å². The Morgan fingerprint density at radius 3 is 2.25 bits per heavy atom. The molecule has 1 amide bonds. The lowest BCUT2D eigenvalue weighted by molar-refractivity contribution is 0.0979. The third kappa shape index (κ3) is 2.61. The summed E-state index contributed by atoms with van der Waals surface area (Å²) in [5, 5.41) is -0.0598. The number of thioether (sulfide) groups is 1. The van der Waals surface area contributed by atoms with Crippen LogP contribution in [-0.4, -0.2) is 5.91 Å². The Kier molecular flexibility index (Phi) is 3.87. The van der Waals surface area contributed by atoms with Gasteiger partial charge in [-0.05, 0) is 36.8 Å². The number of amides is 1. The van der Waals surface area contributed by atoms with Gasteiger partial charge < -0.3 is 0 Å². The first-order valence-corrected chi connectivity index (χ1v) is 8.83. The largest absolute Gasteiger partial charge is 0.291 e. The van der Waals surface area contributed by atoms with Crippen molar-refractivity contribution in [3.8, 4) is 0 Å². The number of hydrogen-bond donors (Lipinski definition) is 0. The zero-order valence-electron chi connectivity index (χ0n) is 13.3. The highest BCUT2D eigenvalue weighted by atomic mass is 32.2. The second kappa shape index (κ2) is 6.17. The molecule has 1 aliphatic heterocycles. The minimum Gasteiger partial charge on any atom is -0.291 e. The summed E-state index contributed by atoms with van der Waals surface area (Å²) < 4.78 is 0. The number of para-hydroxylation sites is 1. The lowest BCUT2D eigenvalue weighted by Gasteiger charge is -2.36. The Morgan fingerprint density at radius 1 is 0.833 bits per heavy atom. The van der Waals surface area contributed by atoms with E-state index in [1.54, 1.807) is 11.8 Å². The molecule has 0 aliphatic carbocycles. The summed E-state index contributed by atoms with van der Waals surface area (Å²) in [4.78, 5) is 16.1. The molecule has 1 atom stereocenters. The molecular weight excluding hydrogens is 314 g/mol. The summed E-state index contributed by atoms with van der Waals surface area (Å²) in [6.07, 6.45) is 0. The molecule has 3 aromatic carbocycles. The van der Waals surface area contributed by atoms with Crippen molar-refractivity contribution >= 4 is 23.4 Å². The van der Waals surface area contributed by atoms with E-state index >= 15 is 0 Å². The van der Waals surface area contributed by atoms with Crippen LogP contribution in [0.3, 0.4) is 0 Å². The normalized spacial score (nSPS) is 16.8. The van der Waals surface area contributed by atoms with Crippen LogP contribution in [-0.2, 0) is 0 Å². The highest BCUT2D eigenvalue weighted by Gasteiger charge is 2.34. The molecule has 0 N–H and O–H groups in total. The fourth-order valence-corrected chi connectivity index (χ4v) is 4.24. The van der Waals surface area contributed by atoms with Gasteiger partial charge in [-0.2, -0.15) is 0 Å². The topological polar surface area (TPSA) is 20.3 Å². The number of carbonyl (C=O) groups excluding carboxylic acids is 1. The van der Waals surface area contributed by atoms with E-state index in [-0.39, 0.29) is 11.3 Å². The Hall–Kier alpha value is -2.52. The third-order valence-corrected chi connectivity index (χ3v) is 5.52. The van der Waals surface area contributed by atoms with Crippen molar-refractivity contribution < 1.29 is 4.79 Å². The van der Waals surface area contributed by atoms with Gasteiger partial charge in [-0.15, -0.1) is 0 Å². The number of benzene rings is 3. The average molecular weight is 331 g/mol. The Bertz CT molecular complexity index is 874. The van der Waals surface area contributed by atoms with E-state index in [9.17, 15) is 4.79 Å². The Morgan fingerprint density at radius 2 is 1.50 bits per heavy atom. The minimum absolute atomic E-state index is 0.0566.